The van der Waals surface area contributed by atoms with E-state index in [0.717, 1.165) is 6.33 Å². The van der Waals surface area contributed by atoms with Gasteiger partial charge < -0.3 is 15.4 Å². The average molecular weight is 267 g/mol. The molecule has 2 rings (SSSR count). The molecule has 2 aromatic rings. The van der Waals surface area contributed by atoms with Crippen LogP contribution in [0.15, 0.2) is 24.7 Å². The number of carbonyl (C=O) groups is 2. The first-order chi connectivity index (χ1) is 8.59. The third kappa shape index (κ3) is 2.30. The van der Waals surface area contributed by atoms with Crippen LogP contribution in [0.4, 0.5) is 5.69 Å². The Bertz CT molecular complexity index is 611. The number of anilines is 1. The van der Waals surface area contributed by atoms with Crippen LogP contribution in [0.1, 0.15) is 21.0 Å². The first-order valence-electron chi connectivity index (χ1n) is 4.78. The summed E-state index contributed by atoms with van der Waals surface area (Å²) in [6, 6.07) is 3.13. The summed E-state index contributed by atoms with van der Waals surface area (Å²) in [4.78, 5) is 32.4. The quantitative estimate of drug-likeness (QED) is 0.728. The van der Waals surface area contributed by atoms with Gasteiger partial charge in [0.05, 0.1) is 12.0 Å². The molecule has 8 heteroatoms. The van der Waals surface area contributed by atoms with Gasteiger partial charge in [-0.05, 0) is 12.1 Å². The Morgan fingerprint density at radius 2 is 2.17 bits per heavy atom. The second kappa shape index (κ2) is 4.84. The molecule has 0 fully saturated rings. The highest BCUT2D eigenvalue weighted by molar-refractivity contribution is 6.32. The van der Waals surface area contributed by atoms with Gasteiger partial charge in [-0.15, -0.1) is 0 Å². The second-order valence-corrected chi connectivity index (χ2v) is 3.59. The Balaban J connectivity index is 2.25. The molecule has 7 nitrogen and oxygen atoms in total. The normalized spacial score (nSPS) is 10.1. The lowest BCUT2D eigenvalue weighted by Gasteiger charge is -2.04. The van der Waals surface area contributed by atoms with Crippen molar-refractivity contribution in [2.75, 3.05) is 5.32 Å². The Morgan fingerprint density at radius 1 is 1.39 bits per heavy atom. The number of carboxylic acids is 1. The molecule has 0 aromatic carbocycles. The number of aromatic carboxylic acids is 1. The number of carbonyl (C=O) groups excluding carboxylic acids is 1. The van der Waals surface area contributed by atoms with Crippen molar-refractivity contribution in [1.82, 2.24) is 15.0 Å². The van der Waals surface area contributed by atoms with Crippen LogP contribution in [-0.2, 0) is 0 Å². The minimum absolute atomic E-state index is 0.110. The van der Waals surface area contributed by atoms with Crippen LogP contribution >= 0.6 is 11.6 Å². The first kappa shape index (κ1) is 12.1. The van der Waals surface area contributed by atoms with Crippen molar-refractivity contribution in [2.24, 2.45) is 0 Å². The molecule has 0 saturated heterocycles. The molecule has 0 aliphatic heterocycles. The molecule has 0 aliphatic carbocycles. The van der Waals surface area contributed by atoms with E-state index in [9.17, 15) is 9.59 Å². The Hall–Kier alpha value is -2.41. The molecule has 0 spiro atoms. The van der Waals surface area contributed by atoms with E-state index in [4.69, 9.17) is 16.7 Å². The molecule has 2 aromatic heterocycles. The standard InChI is InChI=1S/C10H7ClN4O3/c11-8-5(2-1-3-12-8)15-9(16)6-7(10(17)18)14-4-13-6/h1-4H,(H,13,14)(H,15,16)(H,17,18). The predicted molar refractivity (Wildman–Crippen MR) is 62.7 cm³/mol. The molecule has 0 radical (unpaired) electrons. The van der Waals surface area contributed by atoms with E-state index in [-0.39, 0.29) is 22.2 Å². The van der Waals surface area contributed by atoms with Crippen LogP contribution in [0.3, 0.4) is 0 Å². The lowest BCUT2D eigenvalue weighted by molar-refractivity contribution is 0.0686. The summed E-state index contributed by atoms with van der Waals surface area (Å²) < 4.78 is 0. The summed E-state index contributed by atoms with van der Waals surface area (Å²) in [5, 5.41) is 11.4. The zero-order valence-corrected chi connectivity index (χ0v) is 9.60. The zero-order valence-electron chi connectivity index (χ0n) is 8.85. The van der Waals surface area contributed by atoms with Crippen LogP contribution in [0, 0.1) is 0 Å². The lowest BCUT2D eigenvalue weighted by atomic mass is 10.3. The first-order valence-corrected chi connectivity index (χ1v) is 5.16. The molecule has 18 heavy (non-hydrogen) atoms. The summed E-state index contributed by atoms with van der Waals surface area (Å²) in [7, 11) is 0. The molecule has 2 heterocycles. The van der Waals surface area contributed by atoms with Gasteiger partial charge >= 0.3 is 5.97 Å². The SMILES string of the molecule is O=C(Nc1cccnc1Cl)c1nc[nH]c1C(=O)O. The summed E-state index contributed by atoms with van der Waals surface area (Å²) >= 11 is 5.76. The van der Waals surface area contributed by atoms with Crippen molar-refractivity contribution in [2.45, 2.75) is 0 Å². The van der Waals surface area contributed by atoms with E-state index in [1.165, 1.54) is 6.20 Å². The molecule has 92 valence electrons. The molecule has 0 atom stereocenters. The van der Waals surface area contributed by atoms with Gasteiger partial charge in [-0.1, -0.05) is 11.6 Å². The van der Waals surface area contributed by atoms with Crippen LogP contribution in [-0.4, -0.2) is 31.9 Å². The van der Waals surface area contributed by atoms with Gasteiger partial charge in [-0.2, -0.15) is 0 Å². The van der Waals surface area contributed by atoms with E-state index in [0.29, 0.717) is 0 Å². The highest BCUT2D eigenvalue weighted by Crippen LogP contribution is 2.18. The van der Waals surface area contributed by atoms with Gasteiger partial charge in [0.15, 0.2) is 16.5 Å². The molecular weight excluding hydrogens is 260 g/mol. The smallest absolute Gasteiger partial charge is 0.354 e. The molecule has 3 N–H and O–H groups in total. The van der Waals surface area contributed by atoms with Gasteiger partial charge in [-0.25, -0.2) is 14.8 Å². The number of hydrogen-bond acceptors (Lipinski definition) is 4. The minimum atomic E-state index is -1.27. The number of imidazole rings is 1. The molecule has 0 bridgehead atoms. The van der Waals surface area contributed by atoms with Crippen LogP contribution in [0.25, 0.3) is 0 Å². The van der Waals surface area contributed by atoms with Gasteiger partial charge in [0.2, 0.25) is 0 Å². The number of aromatic nitrogens is 3. The van der Waals surface area contributed by atoms with Gasteiger partial charge in [0.25, 0.3) is 5.91 Å². The van der Waals surface area contributed by atoms with Crippen molar-refractivity contribution in [1.29, 1.82) is 0 Å². The number of halogens is 1. The fourth-order valence-corrected chi connectivity index (χ4v) is 1.46. The van der Waals surface area contributed by atoms with Crippen molar-refractivity contribution in [3.63, 3.8) is 0 Å². The highest BCUT2D eigenvalue weighted by atomic mass is 35.5. The maximum absolute atomic E-state index is 11.8. The number of hydrogen-bond donors (Lipinski definition) is 3. The van der Waals surface area contributed by atoms with Gasteiger partial charge in [-0.3, -0.25) is 4.79 Å². The Morgan fingerprint density at radius 3 is 2.83 bits per heavy atom. The third-order valence-corrected chi connectivity index (χ3v) is 2.38. The maximum Gasteiger partial charge on any atom is 0.354 e. The van der Waals surface area contributed by atoms with Gasteiger partial charge in [0, 0.05) is 6.20 Å². The molecule has 0 aliphatic rings. The van der Waals surface area contributed by atoms with Crippen molar-refractivity contribution in [3.05, 3.63) is 41.2 Å². The number of H-pyrrole nitrogens is 1. The fraction of sp³-hybridized carbons (Fsp3) is 0. The molecule has 0 saturated carbocycles. The fourth-order valence-electron chi connectivity index (χ4n) is 1.29. The summed E-state index contributed by atoms with van der Waals surface area (Å²) in [6.45, 7) is 0. The summed E-state index contributed by atoms with van der Waals surface area (Å²) in [5.41, 5.74) is -0.224. The van der Waals surface area contributed by atoms with Crippen molar-refractivity contribution in [3.8, 4) is 0 Å². The summed E-state index contributed by atoms with van der Waals surface area (Å²) in [5.74, 6) is -1.95. The van der Waals surface area contributed by atoms with Crippen molar-refractivity contribution >= 4 is 29.2 Å². The number of pyridine rings is 1. The van der Waals surface area contributed by atoms with E-state index >= 15 is 0 Å². The number of aromatic amines is 1. The number of carboxylic acid groups (broad SMARTS) is 1. The van der Waals surface area contributed by atoms with E-state index in [2.05, 4.69) is 20.3 Å². The highest BCUT2D eigenvalue weighted by Gasteiger charge is 2.20. The molecule has 1 amide bonds. The zero-order chi connectivity index (χ0) is 13.1. The Labute approximate surface area is 106 Å². The molecule has 0 unspecified atom stereocenters. The van der Waals surface area contributed by atoms with Gasteiger partial charge in [0.1, 0.15) is 0 Å². The number of rotatable bonds is 3. The lowest BCUT2D eigenvalue weighted by Crippen LogP contribution is -2.16. The van der Waals surface area contributed by atoms with E-state index in [1.54, 1.807) is 12.1 Å². The third-order valence-electron chi connectivity index (χ3n) is 2.08. The minimum Gasteiger partial charge on any atom is -0.477 e. The number of amides is 1. The maximum atomic E-state index is 11.8. The number of nitrogens with one attached hydrogen (secondary N) is 2. The monoisotopic (exact) mass is 266 g/mol. The van der Waals surface area contributed by atoms with E-state index < -0.39 is 11.9 Å². The summed E-state index contributed by atoms with van der Waals surface area (Å²) in [6.07, 6.45) is 2.60. The molecular formula is C10H7ClN4O3. The van der Waals surface area contributed by atoms with Crippen LogP contribution < -0.4 is 5.32 Å². The topological polar surface area (TPSA) is 108 Å². The predicted octanol–water partition coefficient (Wildman–Crippen LogP) is 1.41. The Kier molecular flexibility index (Phi) is 3.24. The largest absolute Gasteiger partial charge is 0.477 e. The van der Waals surface area contributed by atoms with E-state index in [1.807, 2.05) is 0 Å². The van der Waals surface area contributed by atoms with Crippen molar-refractivity contribution < 1.29 is 14.7 Å². The van der Waals surface area contributed by atoms with Crippen LogP contribution in [0.5, 0.6) is 0 Å². The average Bonchev–Trinajstić information content (AvgIpc) is 2.81. The second-order valence-electron chi connectivity index (χ2n) is 3.23. The number of nitrogens with zero attached hydrogens (tertiary/aromatic N) is 2. The van der Waals surface area contributed by atoms with Crippen LogP contribution in [0.2, 0.25) is 5.15 Å².